The van der Waals surface area contributed by atoms with Crippen LogP contribution in [0.2, 0.25) is 0 Å². The lowest BCUT2D eigenvalue weighted by Crippen LogP contribution is -2.19. The molecule has 0 heterocycles. The number of alkyl halides is 2. The molecular weight excluding hydrogens is 272 g/mol. The maximum absolute atomic E-state index is 12.4. The summed E-state index contributed by atoms with van der Waals surface area (Å²) in [6, 6.07) is 15.2. The smallest absolute Gasteiger partial charge is 0.387 e. The fourth-order valence-corrected chi connectivity index (χ4v) is 2.18. The quantitative estimate of drug-likeness (QED) is 0.849. The van der Waals surface area contributed by atoms with E-state index in [1.54, 1.807) is 18.2 Å². The van der Waals surface area contributed by atoms with E-state index in [0.29, 0.717) is 6.54 Å². The molecule has 0 radical (unpaired) electrons. The Balaban J connectivity index is 2.02. The Hall–Kier alpha value is -1.94. The Morgan fingerprint density at radius 3 is 2.57 bits per heavy atom. The Morgan fingerprint density at radius 1 is 1.10 bits per heavy atom. The minimum Gasteiger partial charge on any atom is -0.434 e. The predicted octanol–water partition coefficient (Wildman–Crippen LogP) is 4.45. The molecule has 2 rings (SSSR count). The van der Waals surface area contributed by atoms with E-state index in [2.05, 4.69) is 16.1 Å². The minimum atomic E-state index is -2.81. The number of benzene rings is 2. The van der Waals surface area contributed by atoms with Gasteiger partial charge in [0.1, 0.15) is 5.75 Å². The zero-order valence-corrected chi connectivity index (χ0v) is 12.1. The van der Waals surface area contributed by atoms with Gasteiger partial charge >= 0.3 is 6.61 Å². The Kier molecular flexibility index (Phi) is 5.28. The number of para-hydroxylation sites is 1. The molecule has 0 bridgehead atoms. The summed E-state index contributed by atoms with van der Waals surface area (Å²) in [5.74, 6) is 0.219. The molecule has 2 aromatic carbocycles. The van der Waals surface area contributed by atoms with E-state index >= 15 is 0 Å². The van der Waals surface area contributed by atoms with Gasteiger partial charge < -0.3 is 10.1 Å². The molecule has 0 fully saturated rings. The molecule has 0 aliphatic heterocycles. The molecule has 0 amide bonds. The van der Waals surface area contributed by atoms with Crippen molar-refractivity contribution in [2.24, 2.45) is 0 Å². The van der Waals surface area contributed by atoms with Crippen molar-refractivity contribution in [1.29, 1.82) is 0 Å². The van der Waals surface area contributed by atoms with Crippen LogP contribution >= 0.6 is 0 Å². The number of ether oxygens (including phenoxy) is 1. The average Bonchev–Trinajstić information content (AvgIpc) is 2.45. The van der Waals surface area contributed by atoms with Crippen LogP contribution in [-0.4, -0.2) is 6.61 Å². The van der Waals surface area contributed by atoms with Crippen LogP contribution in [0.25, 0.3) is 0 Å². The number of hydrogen-bond donors (Lipinski definition) is 1. The second kappa shape index (κ2) is 7.18. The van der Waals surface area contributed by atoms with E-state index in [0.717, 1.165) is 5.56 Å². The van der Waals surface area contributed by atoms with Gasteiger partial charge in [-0.2, -0.15) is 8.78 Å². The number of aryl methyl sites for hydroxylation is 1. The summed E-state index contributed by atoms with van der Waals surface area (Å²) in [4.78, 5) is 0. The zero-order chi connectivity index (χ0) is 15.2. The molecule has 0 aliphatic carbocycles. The van der Waals surface area contributed by atoms with Crippen LogP contribution in [-0.2, 0) is 6.54 Å². The van der Waals surface area contributed by atoms with Crippen LogP contribution in [0.1, 0.15) is 29.7 Å². The summed E-state index contributed by atoms with van der Waals surface area (Å²) in [6.45, 7) is 1.76. The predicted molar refractivity (Wildman–Crippen MR) is 79.5 cm³/mol. The second-order valence-corrected chi connectivity index (χ2v) is 5.00. The van der Waals surface area contributed by atoms with E-state index in [1.807, 2.05) is 38.1 Å². The van der Waals surface area contributed by atoms with Crippen molar-refractivity contribution >= 4 is 0 Å². The largest absolute Gasteiger partial charge is 0.434 e. The van der Waals surface area contributed by atoms with Crippen LogP contribution < -0.4 is 10.1 Å². The van der Waals surface area contributed by atoms with Gasteiger partial charge in [-0.1, -0.05) is 48.0 Å². The van der Waals surface area contributed by atoms with Gasteiger partial charge in [-0.25, -0.2) is 0 Å². The molecule has 1 atom stereocenters. The normalized spacial score (nSPS) is 12.4. The molecule has 112 valence electrons. The van der Waals surface area contributed by atoms with E-state index in [9.17, 15) is 8.78 Å². The van der Waals surface area contributed by atoms with Gasteiger partial charge in [-0.05, 0) is 25.5 Å². The van der Waals surface area contributed by atoms with E-state index in [1.165, 1.54) is 11.1 Å². The highest BCUT2D eigenvalue weighted by Gasteiger charge is 2.10. The van der Waals surface area contributed by atoms with Crippen LogP contribution in [0, 0.1) is 6.92 Å². The van der Waals surface area contributed by atoms with Gasteiger partial charge in [0, 0.05) is 18.2 Å². The van der Waals surface area contributed by atoms with Crippen LogP contribution in [0.15, 0.2) is 48.5 Å². The van der Waals surface area contributed by atoms with E-state index < -0.39 is 6.61 Å². The van der Waals surface area contributed by atoms with Crippen molar-refractivity contribution in [2.45, 2.75) is 33.0 Å². The lowest BCUT2D eigenvalue weighted by molar-refractivity contribution is -0.0505. The topological polar surface area (TPSA) is 21.3 Å². The molecule has 0 saturated heterocycles. The first kappa shape index (κ1) is 15.4. The number of rotatable bonds is 6. The first-order valence-electron chi connectivity index (χ1n) is 6.89. The lowest BCUT2D eigenvalue weighted by Gasteiger charge is -2.16. The molecule has 0 unspecified atom stereocenters. The molecule has 2 nitrogen and oxygen atoms in total. The lowest BCUT2D eigenvalue weighted by atomic mass is 10.1. The fraction of sp³-hybridized carbons (Fsp3) is 0.294. The highest BCUT2D eigenvalue weighted by Crippen LogP contribution is 2.21. The molecular formula is C17H19F2NO. The highest BCUT2D eigenvalue weighted by molar-refractivity contribution is 5.33. The Bertz CT molecular complexity index is 587. The van der Waals surface area contributed by atoms with Gasteiger partial charge in [0.15, 0.2) is 0 Å². The molecule has 21 heavy (non-hydrogen) atoms. The fourth-order valence-electron chi connectivity index (χ4n) is 2.18. The monoisotopic (exact) mass is 291 g/mol. The number of hydrogen-bond acceptors (Lipinski definition) is 2. The number of nitrogens with one attached hydrogen (secondary N) is 1. The molecule has 0 aliphatic rings. The first-order chi connectivity index (χ1) is 10.1. The van der Waals surface area contributed by atoms with Crippen LogP contribution in [0.3, 0.4) is 0 Å². The molecule has 1 N–H and O–H groups in total. The molecule has 4 heteroatoms. The SMILES string of the molecule is Cc1cccc([C@@H](C)NCc2ccccc2OC(F)F)c1. The Labute approximate surface area is 123 Å². The van der Waals surface area contributed by atoms with Crippen molar-refractivity contribution in [3.05, 3.63) is 65.2 Å². The second-order valence-electron chi connectivity index (χ2n) is 5.00. The maximum Gasteiger partial charge on any atom is 0.387 e. The van der Waals surface area contributed by atoms with Crippen molar-refractivity contribution < 1.29 is 13.5 Å². The van der Waals surface area contributed by atoms with Gasteiger partial charge in [0.05, 0.1) is 0 Å². The van der Waals surface area contributed by atoms with Crippen LogP contribution in [0.4, 0.5) is 8.78 Å². The highest BCUT2D eigenvalue weighted by atomic mass is 19.3. The zero-order valence-electron chi connectivity index (χ0n) is 12.1. The van der Waals surface area contributed by atoms with Crippen molar-refractivity contribution in [2.75, 3.05) is 0 Å². The standard InChI is InChI=1S/C17H19F2NO/c1-12-6-5-8-14(10-12)13(2)20-11-15-7-3-4-9-16(15)21-17(18)19/h3-10,13,17,20H,11H2,1-2H3/t13-/m1/s1. The van der Waals surface area contributed by atoms with E-state index in [-0.39, 0.29) is 11.8 Å². The van der Waals surface area contributed by atoms with Gasteiger partial charge in [0.2, 0.25) is 0 Å². The summed E-state index contributed by atoms with van der Waals surface area (Å²) in [6.07, 6.45) is 0. The van der Waals surface area contributed by atoms with Gasteiger partial charge in [0.25, 0.3) is 0 Å². The summed E-state index contributed by atoms with van der Waals surface area (Å²) < 4.78 is 29.3. The summed E-state index contributed by atoms with van der Waals surface area (Å²) in [5.41, 5.74) is 3.09. The van der Waals surface area contributed by atoms with Gasteiger partial charge in [-0.15, -0.1) is 0 Å². The first-order valence-corrected chi connectivity index (χ1v) is 6.89. The van der Waals surface area contributed by atoms with Crippen LogP contribution in [0.5, 0.6) is 5.75 Å². The summed E-state index contributed by atoms with van der Waals surface area (Å²) in [7, 11) is 0. The Morgan fingerprint density at radius 2 is 1.86 bits per heavy atom. The molecule has 0 saturated carbocycles. The minimum absolute atomic E-state index is 0.129. The summed E-state index contributed by atoms with van der Waals surface area (Å²) >= 11 is 0. The van der Waals surface area contributed by atoms with E-state index in [4.69, 9.17) is 0 Å². The van der Waals surface area contributed by atoms with Gasteiger partial charge in [-0.3, -0.25) is 0 Å². The molecule has 2 aromatic rings. The number of halogens is 2. The third kappa shape index (κ3) is 4.53. The third-order valence-electron chi connectivity index (χ3n) is 3.33. The van der Waals surface area contributed by atoms with Crippen molar-refractivity contribution in [1.82, 2.24) is 5.32 Å². The maximum atomic E-state index is 12.4. The molecule has 0 aromatic heterocycles. The van der Waals surface area contributed by atoms with Crippen molar-refractivity contribution in [3.8, 4) is 5.75 Å². The summed E-state index contributed by atoms with van der Waals surface area (Å²) in [5, 5.41) is 3.33. The third-order valence-corrected chi connectivity index (χ3v) is 3.33. The average molecular weight is 291 g/mol. The van der Waals surface area contributed by atoms with Crippen molar-refractivity contribution in [3.63, 3.8) is 0 Å². The molecule has 0 spiro atoms.